The van der Waals surface area contributed by atoms with Crippen molar-refractivity contribution in [2.75, 3.05) is 0 Å². The van der Waals surface area contributed by atoms with E-state index in [1.807, 2.05) is 12.1 Å². The molecular formula is C11H15BrN2. The molecule has 1 aromatic heterocycles. The van der Waals surface area contributed by atoms with Crippen LogP contribution in [0.3, 0.4) is 0 Å². The van der Waals surface area contributed by atoms with Crippen LogP contribution in [0.25, 0.3) is 0 Å². The smallest absolute Gasteiger partial charge is 0.106 e. The molecule has 0 unspecified atom stereocenters. The Morgan fingerprint density at radius 2 is 2.29 bits per heavy atom. The maximum Gasteiger partial charge on any atom is 0.106 e. The van der Waals surface area contributed by atoms with Crippen molar-refractivity contribution in [3.05, 3.63) is 28.5 Å². The first-order valence-electron chi connectivity index (χ1n) is 5.09. The molecule has 3 heteroatoms. The lowest BCUT2D eigenvalue weighted by Gasteiger charge is -2.33. The average Bonchev–Trinajstić information content (AvgIpc) is 2.11. The maximum absolute atomic E-state index is 4.38. The molecule has 1 aliphatic rings. The first-order valence-corrected chi connectivity index (χ1v) is 5.88. The highest BCUT2D eigenvalue weighted by atomic mass is 79.9. The lowest BCUT2D eigenvalue weighted by Crippen LogP contribution is -2.39. The van der Waals surface area contributed by atoms with E-state index in [2.05, 4.69) is 39.2 Å². The molecule has 2 rings (SSSR count). The van der Waals surface area contributed by atoms with Crippen LogP contribution in [0.2, 0.25) is 0 Å². The maximum atomic E-state index is 4.38. The van der Waals surface area contributed by atoms with Crippen molar-refractivity contribution in [3.63, 3.8) is 0 Å². The molecule has 1 saturated carbocycles. The highest BCUT2D eigenvalue weighted by Gasteiger charge is 2.24. The van der Waals surface area contributed by atoms with Gasteiger partial charge in [0.1, 0.15) is 4.60 Å². The molecule has 14 heavy (non-hydrogen) atoms. The van der Waals surface area contributed by atoms with E-state index >= 15 is 0 Å². The number of rotatable bonds is 3. The van der Waals surface area contributed by atoms with Crippen LogP contribution in [0.1, 0.15) is 25.5 Å². The molecule has 0 aliphatic heterocycles. The molecule has 1 aliphatic carbocycles. The van der Waals surface area contributed by atoms with Gasteiger partial charge >= 0.3 is 0 Å². The SMILES string of the molecule is CC1CC(NCc2cccc(Br)n2)C1. The molecule has 1 heterocycles. The van der Waals surface area contributed by atoms with Crippen LogP contribution in [0.5, 0.6) is 0 Å². The summed E-state index contributed by atoms with van der Waals surface area (Å²) in [7, 11) is 0. The van der Waals surface area contributed by atoms with Crippen molar-refractivity contribution in [2.45, 2.75) is 32.4 Å². The van der Waals surface area contributed by atoms with Crippen molar-refractivity contribution >= 4 is 15.9 Å². The van der Waals surface area contributed by atoms with Crippen molar-refractivity contribution in [2.24, 2.45) is 5.92 Å². The monoisotopic (exact) mass is 254 g/mol. The van der Waals surface area contributed by atoms with E-state index in [9.17, 15) is 0 Å². The Balaban J connectivity index is 1.80. The summed E-state index contributed by atoms with van der Waals surface area (Å²) in [5.41, 5.74) is 1.11. The van der Waals surface area contributed by atoms with E-state index in [1.165, 1.54) is 12.8 Å². The van der Waals surface area contributed by atoms with E-state index < -0.39 is 0 Å². The molecule has 0 atom stereocenters. The number of pyridine rings is 1. The summed E-state index contributed by atoms with van der Waals surface area (Å²) in [4.78, 5) is 4.38. The molecular weight excluding hydrogens is 240 g/mol. The summed E-state index contributed by atoms with van der Waals surface area (Å²) in [6.45, 7) is 3.19. The summed E-state index contributed by atoms with van der Waals surface area (Å²) in [5.74, 6) is 0.906. The number of hydrogen-bond donors (Lipinski definition) is 1. The predicted molar refractivity (Wildman–Crippen MR) is 61.0 cm³/mol. The Kier molecular flexibility index (Phi) is 3.19. The lowest BCUT2D eigenvalue weighted by molar-refractivity contribution is 0.239. The zero-order valence-corrected chi connectivity index (χ0v) is 9.92. The van der Waals surface area contributed by atoms with E-state index in [0.29, 0.717) is 6.04 Å². The minimum atomic E-state index is 0.714. The van der Waals surface area contributed by atoms with Gasteiger partial charge in [-0.05, 0) is 46.8 Å². The number of halogens is 1. The van der Waals surface area contributed by atoms with Crippen LogP contribution >= 0.6 is 15.9 Å². The van der Waals surface area contributed by atoms with Gasteiger partial charge in [0.25, 0.3) is 0 Å². The van der Waals surface area contributed by atoms with Gasteiger partial charge in [0.2, 0.25) is 0 Å². The van der Waals surface area contributed by atoms with Gasteiger partial charge in [0.15, 0.2) is 0 Å². The van der Waals surface area contributed by atoms with Crippen molar-refractivity contribution in [1.82, 2.24) is 10.3 Å². The molecule has 0 spiro atoms. The molecule has 0 amide bonds. The molecule has 0 saturated heterocycles. The lowest BCUT2D eigenvalue weighted by atomic mass is 9.82. The zero-order chi connectivity index (χ0) is 9.97. The zero-order valence-electron chi connectivity index (χ0n) is 8.33. The van der Waals surface area contributed by atoms with E-state index in [4.69, 9.17) is 0 Å². The highest BCUT2D eigenvalue weighted by Crippen LogP contribution is 2.26. The minimum Gasteiger partial charge on any atom is -0.308 e. The summed E-state index contributed by atoms with van der Waals surface area (Å²) < 4.78 is 0.916. The topological polar surface area (TPSA) is 24.9 Å². The Morgan fingerprint density at radius 3 is 2.93 bits per heavy atom. The molecule has 0 radical (unpaired) electrons. The Bertz CT molecular complexity index is 308. The fraction of sp³-hybridized carbons (Fsp3) is 0.545. The standard InChI is InChI=1S/C11H15BrN2/c1-8-5-10(6-8)13-7-9-3-2-4-11(12)14-9/h2-4,8,10,13H,5-7H2,1H3. The quantitative estimate of drug-likeness (QED) is 0.840. The normalized spacial score (nSPS) is 25.9. The summed E-state index contributed by atoms with van der Waals surface area (Å²) in [6, 6.07) is 6.75. The predicted octanol–water partition coefficient (Wildman–Crippen LogP) is 2.73. The van der Waals surface area contributed by atoms with Crippen LogP contribution in [-0.2, 0) is 6.54 Å². The van der Waals surface area contributed by atoms with E-state index in [-0.39, 0.29) is 0 Å². The number of hydrogen-bond acceptors (Lipinski definition) is 2. The molecule has 76 valence electrons. The van der Waals surface area contributed by atoms with Gasteiger partial charge in [-0.3, -0.25) is 0 Å². The van der Waals surface area contributed by atoms with Crippen LogP contribution in [0, 0.1) is 5.92 Å². The third kappa shape index (κ3) is 2.55. The van der Waals surface area contributed by atoms with Gasteiger partial charge in [-0.1, -0.05) is 13.0 Å². The Labute approximate surface area is 93.3 Å². The number of aromatic nitrogens is 1. The summed E-state index contributed by atoms with van der Waals surface area (Å²) in [6.07, 6.45) is 2.63. The second-order valence-electron chi connectivity index (χ2n) is 4.11. The van der Waals surface area contributed by atoms with Gasteiger partial charge in [0.05, 0.1) is 5.69 Å². The largest absolute Gasteiger partial charge is 0.308 e. The van der Waals surface area contributed by atoms with Crippen LogP contribution in [0.15, 0.2) is 22.8 Å². The van der Waals surface area contributed by atoms with E-state index in [0.717, 1.165) is 22.8 Å². The molecule has 1 fully saturated rings. The fourth-order valence-electron chi connectivity index (χ4n) is 1.87. The van der Waals surface area contributed by atoms with Gasteiger partial charge in [0, 0.05) is 12.6 Å². The van der Waals surface area contributed by atoms with Crippen LogP contribution in [-0.4, -0.2) is 11.0 Å². The second kappa shape index (κ2) is 4.41. The number of nitrogens with zero attached hydrogens (tertiary/aromatic N) is 1. The highest BCUT2D eigenvalue weighted by molar-refractivity contribution is 9.10. The van der Waals surface area contributed by atoms with Gasteiger partial charge < -0.3 is 5.32 Å². The molecule has 0 bridgehead atoms. The van der Waals surface area contributed by atoms with Crippen LogP contribution < -0.4 is 5.32 Å². The van der Waals surface area contributed by atoms with Gasteiger partial charge in [-0.15, -0.1) is 0 Å². The first-order chi connectivity index (χ1) is 6.74. The molecule has 0 aromatic carbocycles. The van der Waals surface area contributed by atoms with Crippen LogP contribution in [0.4, 0.5) is 0 Å². The average molecular weight is 255 g/mol. The Morgan fingerprint density at radius 1 is 1.50 bits per heavy atom. The summed E-state index contributed by atoms with van der Waals surface area (Å²) in [5, 5.41) is 3.51. The van der Waals surface area contributed by atoms with Crippen molar-refractivity contribution in [3.8, 4) is 0 Å². The molecule has 1 N–H and O–H groups in total. The van der Waals surface area contributed by atoms with Crippen molar-refractivity contribution < 1.29 is 0 Å². The fourth-order valence-corrected chi connectivity index (χ4v) is 2.25. The Hall–Kier alpha value is -0.410. The summed E-state index contributed by atoms with van der Waals surface area (Å²) >= 11 is 3.37. The van der Waals surface area contributed by atoms with E-state index in [1.54, 1.807) is 0 Å². The third-order valence-corrected chi connectivity index (χ3v) is 3.16. The first kappa shape index (κ1) is 10.1. The molecule has 2 nitrogen and oxygen atoms in total. The van der Waals surface area contributed by atoms with Crippen molar-refractivity contribution in [1.29, 1.82) is 0 Å². The molecule has 1 aromatic rings. The van der Waals surface area contributed by atoms with Gasteiger partial charge in [-0.2, -0.15) is 0 Å². The number of nitrogens with one attached hydrogen (secondary N) is 1. The second-order valence-corrected chi connectivity index (χ2v) is 4.92. The third-order valence-electron chi connectivity index (χ3n) is 2.72. The minimum absolute atomic E-state index is 0.714. The van der Waals surface area contributed by atoms with Gasteiger partial charge in [-0.25, -0.2) is 4.98 Å².